The largest absolute Gasteiger partial charge is 0.496 e. The predicted octanol–water partition coefficient (Wildman–Crippen LogP) is 3.21. The fourth-order valence-corrected chi connectivity index (χ4v) is 2.13. The molecular formula is C15H26ClNO2. The summed E-state index contributed by atoms with van der Waals surface area (Å²) in [6.07, 6.45) is 1.78. The van der Waals surface area contributed by atoms with Gasteiger partial charge in [0.25, 0.3) is 0 Å². The minimum atomic E-state index is 0. The molecule has 1 aromatic carbocycles. The molecular weight excluding hydrogens is 262 g/mol. The number of rotatable bonds is 6. The van der Waals surface area contributed by atoms with Crippen molar-refractivity contribution in [3.05, 3.63) is 23.3 Å². The van der Waals surface area contributed by atoms with Crippen molar-refractivity contribution in [2.45, 2.75) is 39.7 Å². The molecule has 1 rings (SSSR count). The molecule has 110 valence electrons. The maximum atomic E-state index is 5.86. The molecule has 0 bridgehead atoms. The van der Waals surface area contributed by atoms with E-state index in [-0.39, 0.29) is 18.4 Å². The van der Waals surface area contributed by atoms with Crippen LogP contribution >= 0.6 is 12.4 Å². The van der Waals surface area contributed by atoms with Gasteiger partial charge in [0.15, 0.2) is 0 Å². The predicted molar refractivity (Wildman–Crippen MR) is 82.7 cm³/mol. The average Bonchev–Trinajstić information content (AvgIpc) is 2.29. The Kier molecular flexibility index (Phi) is 7.88. The summed E-state index contributed by atoms with van der Waals surface area (Å²) in [7, 11) is 3.41. The van der Waals surface area contributed by atoms with Gasteiger partial charge in [0.05, 0.1) is 14.2 Å². The molecule has 0 aliphatic heterocycles. The van der Waals surface area contributed by atoms with Gasteiger partial charge in [-0.25, -0.2) is 0 Å². The third-order valence-electron chi connectivity index (χ3n) is 2.85. The second kappa shape index (κ2) is 8.28. The first-order chi connectivity index (χ1) is 8.47. The van der Waals surface area contributed by atoms with Gasteiger partial charge in [-0.1, -0.05) is 13.8 Å². The van der Waals surface area contributed by atoms with E-state index < -0.39 is 0 Å². The number of ether oxygens (including phenoxy) is 2. The van der Waals surface area contributed by atoms with E-state index in [0.29, 0.717) is 5.92 Å². The molecule has 1 unspecified atom stereocenters. The Morgan fingerprint density at radius 1 is 0.947 bits per heavy atom. The van der Waals surface area contributed by atoms with Crippen molar-refractivity contribution in [1.29, 1.82) is 0 Å². The smallest absolute Gasteiger partial charge is 0.122 e. The molecule has 0 heterocycles. The Morgan fingerprint density at radius 2 is 1.37 bits per heavy atom. The van der Waals surface area contributed by atoms with Gasteiger partial charge in [-0.05, 0) is 48.9 Å². The van der Waals surface area contributed by atoms with Crippen molar-refractivity contribution in [3.63, 3.8) is 0 Å². The van der Waals surface area contributed by atoms with Crippen molar-refractivity contribution in [2.75, 3.05) is 14.2 Å². The number of hydrogen-bond donors (Lipinski definition) is 1. The molecule has 0 aliphatic rings. The van der Waals surface area contributed by atoms with Gasteiger partial charge in [-0.3, -0.25) is 0 Å². The van der Waals surface area contributed by atoms with Crippen molar-refractivity contribution in [3.8, 4) is 11.5 Å². The number of nitrogens with two attached hydrogens (primary N) is 1. The van der Waals surface area contributed by atoms with E-state index in [0.717, 1.165) is 29.9 Å². The minimum Gasteiger partial charge on any atom is -0.496 e. The van der Waals surface area contributed by atoms with Crippen molar-refractivity contribution in [2.24, 2.45) is 11.7 Å². The number of methoxy groups -OCH3 is 2. The highest BCUT2D eigenvalue weighted by Gasteiger charge is 2.13. The first-order valence-corrected chi connectivity index (χ1v) is 6.47. The van der Waals surface area contributed by atoms with E-state index in [2.05, 4.69) is 26.0 Å². The molecule has 0 amide bonds. The fourth-order valence-electron chi connectivity index (χ4n) is 2.13. The van der Waals surface area contributed by atoms with Crippen LogP contribution in [0, 0.1) is 5.92 Å². The highest BCUT2D eigenvalue weighted by Crippen LogP contribution is 2.31. The van der Waals surface area contributed by atoms with Crippen LogP contribution in [0.5, 0.6) is 11.5 Å². The molecule has 0 fully saturated rings. The summed E-state index contributed by atoms with van der Waals surface area (Å²) in [6.45, 7) is 6.39. The summed E-state index contributed by atoms with van der Waals surface area (Å²) in [5.41, 5.74) is 8.16. The maximum Gasteiger partial charge on any atom is 0.122 e. The number of halogens is 1. The normalized spacial score (nSPS) is 11.9. The molecule has 2 N–H and O–H groups in total. The highest BCUT2D eigenvalue weighted by atomic mass is 35.5. The molecule has 0 saturated heterocycles. The molecule has 19 heavy (non-hydrogen) atoms. The van der Waals surface area contributed by atoms with Crippen LogP contribution in [0.25, 0.3) is 0 Å². The van der Waals surface area contributed by atoms with Crippen LogP contribution in [-0.4, -0.2) is 20.3 Å². The average molecular weight is 288 g/mol. The molecule has 0 aromatic heterocycles. The third kappa shape index (κ3) is 5.29. The van der Waals surface area contributed by atoms with Crippen LogP contribution in [0.15, 0.2) is 12.1 Å². The summed E-state index contributed by atoms with van der Waals surface area (Å²) in [5.74, 6) is 2.42. The van der Waals surface area contributed by atoms with E-state index in [1.807, 2.05) is 6.92 Å². The Balaban J connectivity index is 0.00000324. The summed E-state index contributed by atoms with van der Waals surface area (Å²) >= 11 is 0. The van der Waals surface area contributed by atoms with Gasteiger partial charge in [0.2, 0.25) is 0 Å². The lowest BCUT2D eigenvalue weighted by atomic mass is 9.97. The van der Waals surface area contributed by atoms with Gasteiger partial charge < -0.3 is 15.2 Å². The molecule has 0 radical (unpaired) electrons. The van der Waals surface area contributed by atoms with Crippen LogP contribution in [-0.2, 0) is 12.8 Å². The van der Waals surface area contributed by atoms with E-state index in [4.69, 9.17) is 15.2 Å². The lowest BCUT2D eigenvalue weighted by molar-refractivity contribution is 0.391. The fraction of sp³-hybridized carbons (Fsp3) is 0.600. The molecule has 3 nitrogen and oxygen atoms in total. The topological polar surface area (TPSA) is 44.5 Å². The summed E-state index contributed by atoms with van der Waals surface area (Å²) < 4.78 is 10.9. The first kappa shape index (κ1) is 18.1. The number of benzene rings is 1. The monoisotopic (exact) mass is 287 g/mol. The van der Waals surface area contributed by atoms with Crippen molar-refractivity contribution in [1.82, 2.24) is 0 Å². The highest BCUT2D eigenvalue weighted by molar-refractivity contribution is 5.85. The zero-order valence-electron chi connectivity index (χ0n) is 12.5. The molecule has 4 heteroatoms. The molecule has 1 aromatic rings. The van der Waals surface area contributed by atoms with Crippen molar-refractivity contribution >= 4 is 12.4 Å². The van der Waals surface area contributed by atoms with Gasteiger partial charge in [0, 0.05) is 6.04 Å². The van der Waals surface area contributed by atoms with E-state index in [1.165, 1.54) is 5.56 Å². The van der Waals surface area contributed by atoms with E-state index in [1.54, 1.807) is 14.2 Å². The third-order valence-corrected chi connectivity index (χ3v) is 2.85. The minimum absolute atomic E-state index is 0. The molecule has 0 aliphatic carbocycles. The van der Waals surface area contributed by atoms with Gasteiger partial charge in [0.1, 0.15) is 11.5 Å². The van der Waals surface area contributed by atoms with Crippen LogP contribution in [0.4, 0.5) is 0 Å². The summed E-state index contributed by atoms with van der Waals surface area (Å²) in [4.78, 5) is 0. The molecule has 0 saturated carbocycles. The molecule has 1 atom stereocenters. The Labute approximate surface area is 122 Å². The van der Waals surface area contributed by atoms with Gasteiger partial charge in [-0.2, -0.15) is 0 Å². The zero-order valence-corrected chi connectivity index (χ0v) is 13.3. The van der Waals surface area contributed by atoms with Crippen LogP contribution in [0.1, 0.15) is 31.9 Å². The second-order valence-corrected chi connectivity index (χ2v) is 5.26. The Morgan fingerprint density at radius 3 is 1.68 bits per heavy atom. The van der Waals surface area contributed by atoms with Crippen molar-refractivity contribution < 1.29 is 9.47 Å². The SMILES string of the molecule is COc1cc(CC(C)N)c(OC)cc1CC(C)C.Cl. The van der Waals surface area contributed by atoms with Crippen LogP contribution < -0.4 is 15.2 Å². The second-order valence-electron chi connectivity index (χ2n) is 5.26. The first-order valence-electron chi connectivity index (χ1n) is 6.47. The lowest BCUT2D eigenvalue weighted by Crippen LogP contribution is -2.18. The Hall–Kier alpha value is -0.930. The standard InChI is InChI=1S/C15H25NO2.ClH/c1-10(2)6-12-8-15(18-5)13(7-11(3)16)9-14(12)17-4;/h8-11H,6-7,16H2,1-5H3;1H. The maximum absolute atomic E-state index is 5.86. The van der Waals surface area contributed by atoms with Crippen LogP contribution in [0.3, 0.4) is 0 Å². The van der Waals surface area contributed by atoms with Gasteiger partial charge in [-0.15, -0.1) is 12.4 Å². The van der Waals surface area contributed by atoms with Crippen LogP contribution in [0.2, 0.25) is 0 Å². The summed E-state index contributed by atoms with van der Waals surface area (Å²) in [6, 6.07) is 4.25. The number of hydrogen-bond acceptors (Lipinski definition) is 3. The van der Waals surface area contributed by atoms with E-state index in [9.17, 15) is 0 Å². The van der Waals surface area contributed by atoms with Gasteiger partial charge >= 0.3 is 0 Å². The zero-order chi connectivity index (χ0) is 13.7. The lowest BCUT2D eigenvalue weighted by Gasteiger charge is -2.17. The van der Waals surface area contributed by atoms with E-state index >= 15 is 0 Å². The summed E-state index contributed by atoms with van der Waals surface area (Å²) in [5, 5.41) is 0. The molecule has 0 spiro atoms. The quantitative estimate of drug-likeness (QED) is 0.874. The Bertz CT molecular complexity index is 354.